The second kappa shape index (κ2) is 8.88. The maximum atomic E-state index is 12.8. The van der Waals surface area contributed by atoms with Gasteiger partial charge in [0.25, 0.3) is 5.91 Å². The molecule has 0 saturated carbocycles. The van der Waals surface area contributed by atoms with E-state index >= 15 is 0 Å². The summed E-state index contributed by atoms with van der Waals surface area (Å²) in [5, 5.41) is 4.24. The molecule has 5 heteroatoms. The van der Waals surface area contributed by atoms with Crippen LogP contribution in [0.3, 0.4) is 0 Å². The molecule has 0 aliphatic carbocycles. The summed E-state index contributed by atoms with van der Waals surface area (Å²) >= 11 is 0. The SMILES string of the molecule is CCc1ccccc1-n1c(C)cc(/C=N\NC(=O)c2ccccc2-n2cccc2)c1C. The molecule has 4 rings (SSSR count). The van der Waals surface area contributed by atoms with Gasteiger partial charge < -0.3 is 9.13 Å². The summed E-state index contributed by atoms with van der Waals surface area (Å²) in [5.74, 6) is -0.245. The molecule has 2 aromatic carbocycles. The Labute approximate surface area is 182 Å². The number of aromatic nitrogens is 2. The van der Waals surface area contributed by atoms with Crippen molar-refractivity contribution in [3.8, 4) is 11.4 Å². The topological polar surface area (TPSA) is 51.3 Å². The summed E-state index contributed by atoms with van der Waals surface area (Å²) in [5.41, 5.74) is 9.73. The largest absolute Gasteiger partial charge is 0.323 e. The first kappa shape index (κ1) is 20.4. The lowest BCUT2D eigenvalue weighted by molar-refractivity contribution is 0.0955. The van der Waals surface area contributed by atoms with Crippen molar-refractivity contribution in [1.82, 2.24) is 14.6 Å². The minimum Gasteiger partial charge on any atom is -0.323 e. The van der Waals surface area contributed by atoms with Gasteiger partial charge in [0, 0.05) is 35.0 Å². The lowest BCUT2D eigenvalue weighted by atomic mass is 10.1. The summed E-state index contributed by atoms with van der Waals surface area (Å²) in [4.78, 5) is 12.8. The van der Waals surface area contributed by atoms with Crippen LogP contribution in [0.25, 0.3) is 11.4 Å². The first-order chi connectivity index (χ1) is 15.1. The van der Waals surface area contributed by atoms with Crippen molar-refractivity contribution < 1.29 is 4.79 Å². The number of nitrogens with zero attached hydrogens (tertiary/aromatic N) is 3. The van der Waals surface area contributed by atoms with Gasteiger partial charge in [-0.1, -0.05) is 37.3 Å². The molecule has 2 heterocycles. The molecule has 0 unspecified atom stereocenters. The van der Waals surface area contributed by atoms with E-state index in [1.807, 2.05) is 47.3 Å². The Balaban J connectivity index is 1.57. The van der Waals surface area contributed by atoms with Gasteiger partial charge in [-0.25, -0.2) is 5.43 Å². The zero-order valence-electron chi connectivity index (χ0n) is 18.0. The molecule has 5 nitrogen and oxygen atoms in total. The first-order valence-corrected chi connectivity index (χ1v) is 10.4. The maximum Gasteiger partial charge on any atom is 0.273 e. The predicted molar refractivity (Wildman–Crippen MR) is 125 cm³/mol. The average Bonchev–Trinajstić information content (AvgIpc) is 3.42. The number of carbonyl (C=O) groups excluding carboxylic acids is 1. The Morgan fingerprint density at radius 3 is 2.39 bits per heavy atom. The summed E-state index contributed by atoms with van der Waals surface area (Å²) in [6.07, 6.45) is 6.51. The lowest BCUT2D eigenvalue weighted by Crippen LogP contribution is -2.19. The average molecular weight is 411 g/mol. The zero-order chi connectivity index (χ0) is 21.8. The molecule has 156 valence electrons. The van der Waals surface area contributed by atoms with Crippen LogP contribution >= 0.6 is 0 Å². The number of aryl methyl sites for hydroxylation is 2. The van der Waals surface area contributed by atoms with Crippen molar-refractivity contribution >= 4 is 12.1 Å². The van der Waals surface area contributed by atoms with Crippen LogP contribution in [0.1, 0.15) is 39.8 Å². The highest BCUT2D eigenvalue weighted by Crippen LogP contribution is 2.23. The van der Waals surface area contributed by atoms with E-state index in [9.17, 15) is 4.79 Å². The molecule has 1 amide bonds. The number of rotatable bonds is 6. The fourth-order valence-corrected chi connectivity index (χ4v) is 3.92. The highest BCUT2D eigenvalue weighted by molar-refractivity contribution is 5.98. The Morgan fingerprint density at radius 2 is 1.65 bits per heavy atom. The van der Waals surface area contributed by atoms with Crippen LogP contribution in [0.15, 0.2) is 84.2 Å². The van der Waals surface area contributed by atoms with Crippen LogP contribution in [-0.4, -0.2) is 21.3 Å². The Kier molecular flexibility index (Phi) is 5.85. The summed E-state index contributed by atoms with van der Waals surface area (Å²) in [6, 6.07) is 21.9. The lowest BCUT2D eigenvalue weighted by Gasteiger charge is -2.13. The van der Waals surface area contributed by atoms with E-state index in [1.165, 1.54) is 11.3 Å². The zero-order valence-corrected chi connectivity index (χ0v) is 18.0. The minimum atomic E-state index is -0.245. The van der Waals surface area contributed by atoms with E-state index in [1.54, 1.807) is 12.3 Å². The Hall–Kier alpha value is -3.86. The Morgan fingerprint density at radius 1 is 0.968 bits per heavy atom. The van der Waals surface area contributed by atoms with Crippen LogP contribution < -0.4 is 5.43 Å². The van der Waals surface area contributed by atoms with Crippen LogP contribution in [0.5, 0.6) is 0 Å². The van der Waals surface area contributed by atoms with Crippen molar-refractivity contribution in [2.75, 3.05) is 0 Å². The standard InChI is InChI=1S/C26H26N4O/c1-4-21-11-5-7-13-24(21)30-19(2)17-22(20(30)3)18-27-28-26(31)23-12-6-8-14-25(23)29-15-9-10-16-29/h5-18H,4H2,1-3H3,(H,28,31)/b27-18-. The number of nitrogens with one attached hydrogen (secondary N) is 1. The van der Waals surface area contributed by atoms with Gasteiger partial charge in [0.15, 0.2) is 0 Å². The van der Waals surface area contributed by atoms with E-state index in [4.69, 9.17) is 0 Å². The third-order valence-corrected chi connectivity index (χ3v) is 5.48. The second-order valence-electron chi connectivity index (χ2n) is 7.45. The maximum absolute atomic E-state index is 12.8. The minimum absolute atomic E-state index is 0.245. The van der Waals surface area contributed by atoms with Gasteiger partial charge in [-0.15, -0.1) is 0 Å². The van der Waals surface area contributed by atoms with Crippen LogP contribution in [-0.2, 0) is 6.42 Å². The molecule has 0 radical (unpaired) electrons. The summed E-state index contributed by atoms with van der Waals surface area (Å²) in [7, 11) is 0. The number of benzene rings is 2. The molecule has 0 saturated heterocycles. The number of para-hydroxylation sites is 2. The quantitative estimate of drug-likeness (QED) is 0.344. The molecule has 0 bridgehead atoms. The highest BCUT2D eigenvalue weighted by Gasteiger charge is 2.13. The summed E-state index contributed by atoms with van der Waals surface area (Å²) in [6.45, 7) is 6.32. The van der Waals surface area contributed by atoms with Crippen molar-refractivity contribution in [3.63, 3.8) is 0 Å². The van der Waals surface area contributed by atoms with E-state index in [2.05, 4.69) is 66.2 Å². The van der Waals surface area contributed by atoms with Crippen LogP contribution in [0, 0.1) is 13.8 Å². The molecule has 2 aromatic heterocycles. The number of carbonyl (C=O) groups is 1. The van der Waals surface area contributed by atoms with Gasteiger partial charge in [-0.05, 0) is 62.2 Å². The monoisotopic (exact) mass is 410 g/mol. The molecular formula is C26H26N4O. The normalized spacial score (nSPS) is 11.2. The molecule has 0 fully saturated rings. The predicted octanol–water partition coefficient (Wildman–Crippen LogP) is 5.21. The first-order valence-electron chi connectivity index (χ1n) is 10.4. The van der Waals surface area contributed by atoms with Crippen molar-refractivity contribution in [1.29, 1.82) is 0 Å². The molecule has 31 heavy (non-hydrogen) atoms. The third-order valence-electron chi connectivity index (χ3n) is 5.48. The number of hydrazone groups is 1. The van der Waals surface area contributed by atoms with Gasteiger partial charge in [-0.3, -0.25) is 4.79 Å². The fraction of sp³-hybridized carbons (Fsp3) is 0.154. The third kappa shape index (κ3) is 4.08. The van der Waals surface area contributed by atoms with Crippen molar-refractivity contribution in [3.05, 3.63) is 107 Å². The second-order valence-corrected chi connectivity index (χ2v) is 7.45. The van der Waals surface area contributed by atoms with Crippen LogP contribution in [0.2, 0.25) is 0 Å². The highest BCUT2D eigenvalue weighted by atomic mass is 16.2. The van der Waals surface area contributed by atoms with E-state index < -0.39 is 0 Å². The molecule has 0 aliphatic heterocycles. The summed E-state index contributed by atoms with van der Waals surface area (Å²) < 4.78 is 4.15. The van der Waals surface area contributed by atoms with Gasteiger partial charge in [-0.2, -0.15) is 5.10 Å². The Bertz CT molecular complexity index is 1230. The van der Waals surface area contributed by atoms with E-state index in [-0.39, 0.29) is 5.91 Å². The van der Waals surface area contributed by atoms with Gasteiger partial charge in [0.1, 0.15) is 0 Å². The fourth-order valence-electron chi connectivity index (χ4n) is 3.92. The van der Waals surface area contributed by atoms with E-state index in [0.717, 1.165) is 29.1 Å². The molecule has 0 spiro atoms. The smallest absolute Gasteiger partial charge is 0.273 e. The van der Waals surface area contributed by atoms with Crippen molar-refractivity contribution in [2.45, 2.75) is 27.2 Å². The van der Waals surface area contributed by atoms with Gasteiger partial charge in [0.2, 0.25) is 0 Å². The molecule has 0 aliphatic rings. The number of hydrogen-bond acceptors (Lipinski definition) is 2. The number of hydrogen-bond donors (Lipinski definition) is 1. The van der Waals surface area contributed by atoms with Crippen LogP contribution in [0.4, 0.5) is 0 Å². The van der Waals surface area contributed by atoms with Crippen molar-refractivity contribution in [2.24, 2.45) is 5.10 Å². The van der Waals surface area contributed by atoms with Gasteiger partial charge >= 0.3 is 0 Å². The molecule has 4 aromatic rings. The molecule has 1 N–H and O–H groups in total. The van der Waals surface area contributed by atoms with Gasteiger partial charge in [0.05, 0.1) is 17.5 Å². The molecular weight excluding hydrogens is 384 g/mol. The number of amides is 1. The molecule has 0 atom stereocenters. The van der Waals surface area contributed by atoms with E-state index in [0.29, 0.717) is 5.56 Å².